The summed E-state index contributed by atoms with van der Waals surface area (Å²) in [4.78, 5) is 19.5. The zero-order valence-electron chi connectivity index (χ0n) is 10.8. The summed E-state index contributed by atoms with van der Waals surface area (Å²) in [7, 11) is 0. The van der Waals surface area contributed by atoms with Crippen LogP contribution in [-0.2, 0) is 4.79 Å². The van der Waals surface area contributed by atoms with E-state index in [0.29, 0.717) is 5.69 Å². The normalized spacial score (nSPS) is 17.7. The van der Waals surface area contributed by atoms with Crippen molar-refractivity contribution in [3.8, 4) is 0 Å². The quantitative estimate of drug-likeness (QED) is 0.842. The molecule has 1 unspecified atom stereocenters. The molecule has 1 aromatic rings. The molecule has 5 heteroatoms. The summed E-state index contributed by atoms with van der Waals surface area (Å²) in [5.41, 5.74) is 1.73. The van der Waals surface area contributed by atoms with Gasteiger partial charge >= 0.3 is 0 Å². The molecule has 1 fully saturated rings. The molecule has 1 amide bonds. The van der Waals surface area contributed by atoms with Crippen LogP contribution in [0.3, 0.4) is 0 Å². The molecule has 0 radical (unpaired) electrons. The van der Waals surface area contributed by atoms with E-state index < -0.39 is 6.10 Å². The largest absolute Gasteiger partial charge is 0.387 e. The minimum Gasteiger partial charge on any atom is -0.387 e. The van der Waals surface area contributed by atoms with Crippen LogP contribution in [0.5, 0.6) is 0 Å². The maximum atomic E-state index is 11.2. The minimum absolute atomic E-state index is 0.136. The highest BCUT2D eigenvalue weighted by atomic mass is 16.3. The first-order valence-electron chi connectivity index (χ1n) is 6.22. The van der Waals surface area contributed by atoms with Crippen LogP contribution >= 0.6 is 0 Å². The van der Waals surface area contributed by atoms with Crippen molar-refractivity contribution in [3.63, 3.8) is 0 Å². The number of aliphatic hydroxyl groups excluding tert-OH is 1. The molecule has 1 saturated heterocycles. The van der Waals surface area contributed by atoms with Gasteiger partial charge in [0.15, 0.2) is 0 Å². The Labute approximate surface area is 107 Å². The molecule has 0 bridgehead atoms. The first-order valence-corrected chi connectivity index (χ1v) is 6.22. The zero-order valence-corrected chi connectivity index (χ0v) is 10.8. The van der Waals surface area contributed by atoms with E-state index in [1.54, 1.807) is 20.0 Å². The predicted molar refractivity (Wildman–Crippen MR) is 69.3 cm³/mol. The smallest absolute Gasteiger partial charge is 0.219 e. The third-order valence-electron chi connectivity index (χ3n) is 3.29. The molecule has 2 rings (SSSR count). The van der Waals surface area contributed by atoms with Crippen molar-refractivity contribution in [3.05, 3.63) is 24.0 Å². The van der Waals surface area contributed by atoms with Crippen LogP contribution < -0.4 is 4.90 Å². The van der Waals surface area contributed by atoms with E-state index in [0.717, 1.165) is 31.9 Å². The molecule has 1 aliphatic rings. The summed E-state index contributed by atoms with van der Waals surface area (Å²) in [6.07, 6.45) is 1.25. The molecular weight excluding hydrogens is 230 g/mol. The molecule has 0 aromatic carbocycles. The van der Waals surface area contributed by atoms with E-state index >= 15 is 0 Å². The lowest BCUT2D eigenvalue weighted by molar-refractivity contribution is -0.129. The number of rotatable bonds is 2. The Morgan fingerprint density at radius 1 is 1.33 bits per heavy atom. The lowest BCUT2D eigenvalue weighted by atomic mass is 10.2. The van der Waals surface area contributed by atoms with Gasteiger partial charge in [-0.25, -0.2) is 0 Å². The number of piperazine rings is 1. The fraction of sp³-hybridized carbons (Fsp3) is 0.538. The summed E-state index contributed by atoms with van der Waals surface area (Å²) in [6.45, 7) is 6.48. The van der Waals surface area contributed by atoms with Crippen LogP contribution in [0, 0.1) is 0 Å². The molecule has 0 spiro atoms. The molecule has 1 aromatic heterocycles. The van der Waals surface area contributed by atoms with Gasteiger partial charge in [0.25, 0.3) is 0 Å². The monoisotopic (exact) mass is 249 g/mol. The Bertz CT molecular complexity index is 409. The van der Waals surface area contributed by atoms with E-state index in [9.17, 15) is 9.90 Å². The molecule has 0 aliphatic carbocycles. The molecule has 18 heavy (non-hydrogen) atoms. The number of nitrogens with zero attached hydrogens (tertiary/aromatic N) is 3. The number of hydrogen-bond donors (Lipinski definition) is 1. The highest BCUT2D eigenvalue weighted by Crippen LogP contribution is 2.17. The van der Waals surface area contributed by atoms with Crippen LogP contribution in [-0.4, -0.2) is 47.1 Å². The SMILES string of the molecule is CC(=O)N1CCN(c2ccc(C(C)O)nc2)CC1. The average Bonchev–Trinajstić information content (AvgIpc) is 2.39. The maximum Gasteiger partial charge on any atom is 0.219 e. The van der Waals surface area contributed by atoms with Gasteiger partial charge in [0.2, 0.25) is 5.91 Å². The second-order valence-electron chi connectivity index (χ2n) is 4.61. The number of pyridine rings is 1. The van der Waals surface area contributed by atoms with Gasteiger partial charge in [-0.15, -0.1) is 0 Å². The lowest BCUT2D eigenvalue weighted by Crippen LogP contribution is -2.48. The Balaban J connectivity index is 1.99. The summed E-state index contributed by atoms with van der Waals surface area (Å²) < 4.78 is 0. The van der Waals surface area contributed by atoms with Gasteiger partial charge in [-0.2, -0.15) is 0 Å². The van der Waals surface area contributed by atoms with Crippen molar-refractivity contribution >= 4 is 11.6 Å². The minimum atomic E-state index is -0.534. The third kappa shape index (κ3) is 2.79. The second-order valence-corrected chi connectivity index (χ2v) is 4.61. The highest BCUT2D eigenvalue weighted by Gasteiger charge is 2.18. The first kappa shape index (κ1) is 12.8. The van der Waals surface area contributed by atoms with Gasteiger partial charge in [0, 0.05) is 33.1 Å². The third-order valence-corrected chi connectivity index (χ3v) is 3.29. The van der Waals surface area contributed by atoms with Gasteiger partial charge < -0.3 is 14.9 Å². The summed E-state index contributed by atoms with van der Waals surface area (Å²) in [5.74, 6) is 0.136. The Morgan fingerprint density at radius 3 is 2.44 bits per heavy atom. The van der Waals surface area contributed by atoms with Crippen LogP contribution in [0.15, 0.2) is 18.3 Å². The fourth-order valence-electron chi connectivity index (χ4n) is 2.11. The van der Waals surface area contributed by atoms with Crippen molar-refractivity contribution in [2.24, 2.45) is 0 Å². The van der Waals surface area contributed by atoms with Crippen molar-refractivity contribution in [1.29, 1.82) is 0 Å². The number of anilines is 1. The zero-order chi connectivity index (χ0) is 13.1. The topological polar surface area (TPSA) is 56.7 Å². The Kier molecular flexibility index (Phi) is 3.81. The second kappa shape index (κ2) is 5.35. The van der Waals surface area contributed by atoms with Crippen LogP contribution in [0.2, 0.25) is 0 Å². The maximum absolute atomic E-state index is 11.2. The van der Waals surface area contributed by atoms with E-state index in [1.807, 2.05) is 17.0 Å². The van der Waals surface area contributed by atoms with Crippen molar-refractivity contribution in [2.75, 3.05) is 31.1 Å². The Hall–Kier alpha value is -1.62. The number of amides is 1. The molecule has 2 heterocycles. The first-order chi connectivity index (χ1) is 8.58. The van der Waals surface area contributed by atoms with E-state index in [-0.39, 0.29) is 5.91 Å². The highest BCUT2D eigenvalue weighted by molar-refractivity contribution is 5.73. The van der Waals surface area contributed by atoms with Gasteiger partial charge in [-0.3, -0.25) is 9.78 Å². The van der Waals surface area contributed by atoms with E-state index in [2.05, 4.69) is 9.88 Å². The fourth-order valence-corrected chi connectivity index (χ4v) is 2.11. The number of carbonyl (C=O) groups is 1. The van der Waals surface area contributed by atoms with Gasteiger partial charge in [0.05, 0.1) is 23.7 Å². The van der Waals surface area contributed by atoms with Gasteiger partial charge in [-0.1, -0.05) is 0 Å². The van der Waals surface area contributed by atoms with Crippen LogP contribution in [0.25, 0.3) is 0 Å². The number of aromatic nitrogens is 1. The number of hydrogen-bond acceptors (Lipinski definition) is 4. The summed E-state index contributed by atoms with van der Waals surface area (Å²) in [6, 6.07) is 3.82. The van der Waals surface area contributed by atoms with Crippen molar-refractivity contribution in [1.82, 2.24) is 9.88 Å². The molecule has 5 nitrogen and oxygen atoms in total. The van der Waals surface area contributed by atoms with Crippen molar-refractivity contribution in [2.45, 2.75) is 20.0 Å². The molecule has 1 aliphatic heterocycles. The number of carbonyl (C=O) groups excluding carboxylic acids is 1. The van der Waals surface area contributed by atoms with E-state index in [1.165, 1.54) is 0 Å². The lowest BCUT2D eigenvalue weighted by Gasteiger charge is -2.35. The standard InChI is InChI=1S/C13H19N3O2/c1-10(17)13-4-3-12(9-14-13)16-7-5-15(6-8-16)11(2)18/h3-4,9-10,17H,5-8H2,1-2H3. The predicted octanol–water partition coefficient (Wildman–Crippen LogP) is 0.803. The number of aliphatic hydroxyl groups is 1. The van der Waals surface area contributed by atoms with E-state index in [4.69, 9.17) is 0 Å². The summed E-state index contributed by atoms with van der Waals surface area (Å²) >= 11 is 0. The van der Waals surface area contributed by atoms with Gasteiger partial charge in [-0.05, 0) is 19.1 Å². The van der Waals surface area contributed by atoms with Gasteiger partial charge in [0.1, 0.15) is 0 Å². The van der Waals surface area contributed by atoms with Crippen LogP contribution in [0.4, 0.5) is 5.69 Å². The Morgan fingerprint density at radius 2 is 2.00 bits per heavy atom. The van der Waals surface area contributed by atoms with Crippen molar-refractivity contribution < 1.29 is 9.90 Å². The average molecular weight is 249 g/mol. The summed E-state index contributed by atoms with van der Waals surface area (Å²) in [5, 5.41) is 9.40. The molecule has 1 N–H and O–H groups in total. The molecule has 1 atom stereocenters. The molecule has 98 valence electrons. The molecular formula is C13H19N3O2. The molecule has 0 saturated carbocycles. The van der Waals surface area contributed by atoms with Crippen LogP contribution in [0.1, 0.15) is 25.6 Å².